The van der Waals surface area contributed by atoms with Crippen LogP contribution in [0.25, 0.3) is 0 Å². The van der Waals surface area contributed by atoms with E-state index in [1.54, 1.807) is 0 Å². The molecule has 1 heteroatoms. The van der Waals surface area contributed by atoms with Crippen LogP contribution in [0.5, 0.6) is 0 Å². The molecule has 0 heterocycles. The number of nitrogens with zero attached hydrogens (tertiary/aromatic N) is 1. The topological polar surface area (TPSA) is 3.24 Å². The molecule has 1 rings (SSSR count). The Labute approximate surface area is 83.5 Å². The van der Waals surface area contributed by atoms with Crippen LogP contribution in [0, 0.1) is 11.3 Å². The number of hydrogen-bond acceptors (Lipinski definition) is 1. The van der Waals surface area contributed by atoms with Gasteiger partial charge in [-0.15, -0.1) is 0 Å². The predicted molar refractivity (Wildman–Crippen MR) is 58.9 cm³/mol. The van der Waals surface area contributed by atoms with Crippen molar-refractivity contribution in [3.05, 3.63) is 0 Å². The zero-order valence-corrected chi connectivity index (χ0v) is 9.93. The van der Waals surface area contributed by atoms with Gasteiger partial charge in [-0.1, -0.05) is 33.6 Å². The summed E-state index contributed by atoms with van der Waals surface area (Å²) in [5.41, 5.74) is 0.482. The van der Waals surface area contributed by atoms with Gasteiger partial charge in [-0.3, -0.25) is 0 Å². The fraction of sp³-hybridized carbons (Fsp3) is 1.00. The largest absolute Gasteiger partial charge is 0.306 e. The van der Waals surface area contributed by atoms with Crippen LogP contribution in [0.15, 0.2) is 0 Å². The molecule has 0 aromatic heterocycles. The summed E-state index contributed by atoms with van der Waals surface area (Å²) in [6.07, 6.45) is 5.68. The summed E-state index contributed by atoms with van der Waals surface area (Å²) in [4.78, 5) is 2.43. The summed E-state index contributed by atoms with van der Waals surface area (Å²) in [5, 5.41) is 0. The van der Waals surface area contributed by atoms with Crippen LogP contribution >= 0.6 is 0 Å². The fourth-order valence-electron chi connectivity index (χ4n) is 2.74. The molecule has 0 aromatic rings. The van der Waals surface area contributed by atoms with E-state index < -0.39 is 0 Å². The minimum absolute atomic E-state index is 0.482. The van der Waals surface area contributed by atoms with Crippen molar-refractivity contribution in [2.75, 3.05) is 14.1 Å². The Morgan fingerprint density at radius 3 is 1.92 bits per heavy atom. The molecular weight excluding hydrogens is 158 g/mol. The Morgan fingerprint density at radius 2 is 1.54 bits per heavy atom. The van der Waals surface area contributed by atoms with Crippen LogP contribution in [0.2, 0.25) is 0 Å². The van der Waals surface area contributed by atoms with Gasteiger partial charge in [0.15, 0.2) is 0 Å². The molecule has 1 aliphatic carbocycles. The van der Waals surface area contributed by atoms with Crippen molar-refractivity contribution in [1.29, 1.82) is 0 Å². The molecule has 1 fully saturated rings. The van der Waals surface area contributed by atoms with Crippen molar-refractivity contribution >= 4 is 0 Å². The van der Waals surface area contributed by atoms with E-state index in [2.05, 4.69) is 39.8 Å². The molecule has 0 amide bonds. The minimum Gasteiger partial charge on any atom is -0.306 e. The average Bonchev–Trinajstić information content (AvgIpc) is 2.03. The highest BCUT2D eigenvalue weighted by atomic mass is 15.1. The van der Waals surface area contributed by atoms with E-state index in [9.17, 15) is 0 Å². The lowest BCUT2D eigenvalue weighted by atomic mass is 9.69. The van der Waals surface area contributed by atoms with Crippen LogP contribution in [-0.4, -0.2) is 25.0 Å². The van der Waals surface area contributed by atoms with Gasteiger partial charge < -0.3 is 4.90 Å². The van der Waals surface area contributed by atoms with Gasteiger partial charge in [-0.05, 0) is 38.3 Å². The van der Waals surface area contributed by atoms with Gasteiger partial charge in [0.1, 0.15) is 0 Å². The minimum atomic E-state index is 0.482. The summed E-state index contributed by atoms with van der Waals surface area (Å²) < 4.78 is 0. The van der Waals surface area contributed by atoms with Gasteiger partial charge in [0.25, 0.3) is 0 Å². The van der Waals surface area contributed by atoms with Crippen molar-refractivity contribution in [3.8, 4) is 0 Å². The van der Waals surface area contributed by atoms with Crippen LogP contribution in [-0.2, 0) is 0 Å². The first-order valence-corrected chi connectivity index (χ1v) is 5.59. The lowest BCUT2D eigenvalue weighted by Gasteiger charge is -2.43. The molecule has 13 heavy (non-hydrogen) atoms. The van der Waals surface area contributed by atoms with Gasteiger partial charge in [0.05, 0.1) is 0 Å². The number of hydrogen-bond donors (Lipinski definition) is 0. The Hall–Kier alpha value is -0.0400. The highest BCUT2D eigenvalue weighted by molar-refractivity contribution is 4.87. The summed E-state index contributed by atoms with van der Waals surface area (Å²) in [6, 6.07) is 0.814. The molecule has 1 nitrogen and oxygen atoms in total. The van der Waals surface area contributed by atoms with Crippen molar-refractivity contribution < 1.29 is 0 Å². The van der Waals surface area contributed by atoms with E-state index in [4.69, 9.17) is 0 Å². The first kappa shape index (κ1) is 11.0. The highest BCUT2D eigenvalue weighted by Crippen LogP contribution is 2.39. The molecule has 2 unspecified atom stereocenters. The van der Waals surface area contributed by atoms with Gasteiger partial charge in [0, 0.05) is 6.04 Å². The Kier molecular flexibility index (Phi) is 3.39. The maximum Gasteiger partial charge on any atom is 0.0122 e. The molecule has 1 saturated carbocycles. The van der Waals surface area contributed by atoms with E-state index in [1.165, 1.54) is 25.7 Å². The third kappa shape index (κ3) is 2.70. The summed E-state index contributed by atoms with van der Waals surface area (Å²) in [5.74, 6) is 0.885. The summed E-state index contributed by atoms with van der Waals surface area (Å²) >= 11 is 0. The van der Waals surface area contributed by atoms with Crippen molar-refractivity contribution in [2.45, 2.75) is 52.5 Å². The van der Waals surface area contributed by atoms with Gasteiger partial charge in [-0.25, -0.2) is 0 Å². The molecule has 0 bridgehead atoms. The van der Waals surface area contributed by atoms with E-state index in [-0.39, 0.29) is 0 Å². The van der Waals surface area contributed by atoms with E-state index in [0.29, 0.717) is 5.41 Å². The average molecular weight is 183 g/mol. The van der Waals surface area contributed by atoms with E-state index in [0.717, 1.165) is 12.0 Å². The molecular formula is C12H25N. The van der Waals surface area contributed by atoms with E-state index in [1.807, 2.05) is 0 Å². The SMILES string of the molecule is CN(C)C1CCCCC1C(C)(C)C. The molecule has 0 spiro atoms. The molecule has 0 radical (unpaired) electrons. The zero-order chi connectivity index (χ0) is 10.1. The zero-order valence-electron chi connectivity index (χ0n) is 9.93. The first-order chi connectivity index (χ1) is 5.93. The van der Waals surface area contributed by atoms with Crippen LogP contribution in [0.4, 0.5) is 0 Å². The Morgan fingerprint density at radius 1 is 1.00 bits per heavy atom. The maximum atomic E-state index is 2.43. The molecule has 0 aliphatic heterocycles. The maximum absolute atomic E-state index is 2.43. The predicted octanol–water partition coefficient (Wildman–Crippen LogP) is 3.15. The second-order valence-corrected chi connectivity index (χ2v) is 5.79. The summed E-state index contributed by atoms with van der Waals surface area (Å²) in [7, 11) is 4.46. The van der Waals surface area contributed by atoms with E-state index >= 15 is 0 Å². The van der Waals surface area contributed by atoms with Gasteiger partial charge in [0.2, 0.25) is 0 Å². The fourth-order valence-corrected chi connectivity index (χ4v) is 2.74. The van der Waals surface area contributed by atoms with Gasteiger partial charge in [-0.2, -0.15) is 0 Å². The molecule has 0 aromatic carbocycles. The van der Waals surface area contributed by atoms with Crippen LogP contribution in [0.1, 0.15) is 46.5 Å². The van der Waals surface area contributed by atoms with Crippen molar-refractivity contribution in [2.24, 2.45) is 11.3 Å². The van der Waals surface area contributed by atoms with Crippen LogP contribution in [0.3, 0.4) is 0 Å². The standard InChI is InChI=1S/C12H25N/c1-12(2,3)10-8-6-7-9-11(10)13(4)5/h10-11H,6-9H2,1-5H3. The third-order valence-corrected chi connectivity index (χ3v) is 3.51. The lowest BCUT2D eigenvalue weighted by molar-refractivity contribution is 0.0713. The molecule has 0 saturated heterocycles. The van der Waals surface area contributed by atoms with Crippen molar-refractivity contribution in [3.63, 3.8) is 0 Å². The quantitative estimate of drug-likeness (QED) is 0.603. The second kappa shape index (κ2) is 4.00. The lowest BCUT2D eigenvalue weighted by Crippen LogP contribution is -2.43. The smallest absolute Gasteiger partial charge is 0.0122 e. The highest BCUT2D eigenvalue weighted by Gasteiger charge is 2.34. The number of rotatable bonds is 1. The molecule has 78 valence electrons. The normalized spacial score (nSPS) is 30.9. The first-order valence-electron chi connectivity index (χ1n) is 5.59. The Bertz CT molecular complexity index is 155. The monoisotopic (exact) mass is 183 g/mol. The van der Waals surface area contributed by atoms with Gasteiger partial charge >= 0.3 is 0 Å². The van der Waals surface area contributed by atoms with Crippen LogP contribution < -0.4 is 0 Å². The van der Waals surface area contributed by atoms with Crippen molar-refractivity contribution in [1.82, 2.24) is 4.90 Å². The molecule has 0 N–H and O–H groups in total. The second-order valence-electron chi connectivity index (χ2n) is 5.79. The summed E-state index contributed by atoms with van der Waals surface area (Å²) in [6.45, 7) is 7.17. The third-order valence-electron chi connectivity index (χ3n) is 3.51. The molecule has 1 aliphatic rings. The molecule has 2 atom stereocenters. The Balaban J connectivity index is 2.67.